The quantitative estimate of drug-likeness (QED) is 0.654. The van der Waals surface area contributed by atoms with Crippen molar-refractivity contribution in [1.29, 1.82) is 0 Å². The van der Waals surface area contributed by atoms with Gasteiger partial charge in [-0.25, -0.2) is 0 Å². The number of aliphatic hydroxyl groups excluding tert-OH is 1. The van der Waals surface area contributed by atoms with Gasteiger partial charge in [0.05, 0.1) is 12.3 Å². The van der Waals surface area contributed by atoms with Crippen LogP contribution in [0.2, 0.25) is 0 Å². The molecule has 0 aliphatic heterocycles. The Balaban J connectivity index is 2.66. The van der Waals surface area contributed by atoms with E-state index in [1.54, 1.807) is 6.20 Å². The maximum Gasteiger partial charge on any atom is 0.0696 e. The number of hydrogen-bond donors (Lipinski definition) is 2. The highest BCUT2D eigenvalue weighted by Gasteiger charge is 1.92. The summed E-state index contributed by atoms with van der Waals surface area (Å²) in [7, 11) is 1.88. The molecular formula is C8H12N2O. The normalized spacial score (nSPS) is 10.0. The molecule has 1 aromatic heterocycles. The van der Waals surface area contributed by atoms with E-state index in [2.05, 4.69) is 10.3 Å². The standard InChI is InChI=1S/C8H12N2O/c1-9-5-8-3-2-7(6-11)4-10-8/h2-4,9,11H,5-6H2,1H3. The van der Waals surface area contributed by atoms with Crippen molar-refractivity contribution in [3.8, 4) is 0 Å². The lowest BCUT2D eigenvalue weighted by Crippen LogP contribution is -2.06. The number of nitrogens with zero attached hydrogens (tertiary/aromatic N) is 1. The van der Waals surface area contributed by atoms with Crippen molar-refractivity contribution in [3.05, 3.63) is 29.6 Å². The van der Waals surface area contributed by atoms with Crippen molar-refractivity contribution in [2.24, 2.45) is 0 Å². The minimum Gasteiger partial charge on any atom is -0.392 e. The monoisotopic (exact) mass is 152 g/mol. The molecule has 0 radical (unpaired) electrons. The van der Waals surface area contributed by atoms with Crippen molar-refractivity contribution in [2.45, 2.75) is 13.2 Å². The molecular weight excluding hydrogens is 140 g/mol. The highest BCUT2D eigenvalue weighted by atomic mass is 16.3. The lowest BCUT2D eigenvalue weighted by molar-refractivity contribution is 0.281. The van der Waals surface area contributed by atoms with Crippen molar-refractivity contribution in [3.63, 3.8) is 0 Å². The first-order valence-electron chi connectivity index (χ1n) is 3.56. The van der Waals surface area contributed by atoms with Crippen LogP contribution in [0, 0.1) is 0 Å². The van der Waals surface area contributed by atoms with E-state index in [4.69, 9.17) is 5.11 Å². The fourth-order valence-corrected chi connectivity index (χ4v) is 0.834. The Morgan fingerprint density at radius 1 is 1.55 bits per heavy atom. The van der Waals surface area contributed by atoms with Crippen molar-refractivity contribution in [2.75, 3.05) is 7.05 Å². The summed E-state index contributed by atoms with van der Waals surface area (Å²) in [5, 5.41) is 11.7. The zero-order chi connectivity index (χ0) is 8.10. The van der Waals surface area contributed by atoms with E-state index in [9.17, 15) is 0 Å². The number of aromatic nitrogens is 1. The summed E-state index contributed by atoms with van der Waals surface area (Å²) in [5.74, 6) is 0. The van der Waals surface area contributed by atoms with Gasteiger partial charge in [-0.1, -0.05) is 6.07 Å². The minimum atomic E-state index is 0.0623. The second-order valence-electron chi connectivity index (χ2n) is 2.35. The summed E-state index contributed by atoms with van der Waals surface area (Å²) in [6, 6.07) is 3.78. The van der Waals surface area contributed by atoms with Crippen LogP contribution in [0.4, 0.5) is 0 Å². The molecule has 0 saturated carbocycles. The molecule has 0 aliphatic rings. The second kappa shape index (κ2) is 4.05. The van der Waals surface area contributed by atoms with E-state index in [1.807, 2.05) is 19.2 Å². The van der Waals surface area contributed by atoms with Crippen LogP contribution in [0.15, 0.2) is 18.3 Å². The van der Waals surface area contributed by atoms with Gasteiger partial charge in [0.2, 0.25) is 0 Å². The van der Waals surface area contributed by atoms with Crippen LogP contribution in [-0.2, 0) is 13.2 Å². The van der Waals surface area contributed by atoms with Gasteiger partial charge >= 0.3 is 0 Å². The Morgan fingerprint density at radius 3 is 2.82 bits per heavy atom. The molecule has 3 heteroatoms. The van der Waals surface area contributed by atoms with Crippen molar-refractivity contribution in [1.82, 2.24) is 10.3 Å². The first-order chi connectivity index (χ1) is 5.36. The van der Waals surface area contributed by atoms with Gasteiger partial charge in [0.1, 0.15) is 0 Å². The van der Waals surface area contributed by atoms with Crippen LogP contribution < -0.4 is 5.32 Å². The van der Waals surface area contributed by atoms with Gasteiger partial charge in [-0.05, 0) is 18.7 Å². The molecule has 1 aromatic rings. The van der Waals surface area contributed by atoms with Crippen LogP contribution in [0.3, 0.4) is 0 Å². The van der Waals surface area contributed by atoms with Crippen LogP contribution in [0.1, 0.15) is 11.3 Å². The third-order valence-electron chi connectivity index (χ3n) is 1.43. The zero-order valence-corrected chi connectivity index (χ0v) is 6.54. The Bertz CT molecular complexity index is 208. The van der Waals surface area contributed by atoms with E-state index >= 15 is 0 Å². The summed E-state index contributed by atoms with van der Waals surface area (Å²) >= 11 is 0. The van der Waals surface area contributed by atoms with E-state index in [-0.39, 0.29) is 6.61 Å². The molecule has 0 unspecified atom stereocenters. The summed E-state index contributed by atoms with van der Waals surface area (Å²) in [6.07, 6.45) is 1.69. The molecule has 1 rings (SSSR count). The zero-order valence-electron chi connectivity index (χ0n) is 6.54. The average Bonchev–Trinajstić information content (AvgIpc) is 2.07. The molecule has 0 amide bonds. The number of rotatable bonds is 3. The molecule has 0 bridgehead atoms. The summed E-state index contributed by atoms with van der Waals surface area (Å²) < 4.78 is 0. The van der Waals surface area contributed by atoms with E-state index in [0.717, 1.165) is 17.8 Å². The molecule has 11 heavy (non-hydrogen) atoms. The second-order valence-corrected chi connectivity index (χ2v) is 2.35. The maximum atomic E-state index is 8.70. The first kappa shape index (κ1) is 8.17. The maximum absolute atomic E-state index is 8.70. The fourth-order valence-electron chi connectivity index (χ4n) is 0.834. The highest BCUT2D eigenvalue weighted by molar-refractivity contribution is 5.12. The summed E-state index contributed by atoms with van der Waals surface area (Å²) in [4.78, 5) is 4.12. The van der Waals surface area contributed by atoms with Gasteiger partial charge in [-0.2, -0.15) is 0 Å². The molecule has 0 spiro atoms. The van der Waals surface area contributed by atoms with Gasteiger partial charge in [0.25, 0.3) is 0 Å². The minimum absolute atomic E-state index is 0.0623. The molecule has 0 saturated heterocycles. The van der Waals surface area contributed by atoms with Gasteiger partial charge < -0.3 is 10.4 Å². The molecule has 0 fully saturated rings. The lowest BCUT2D eigenvalue weighted by atomic mass is 10.2. The number of pyridine rings is 1. The molecule has 2 N–H and O–H groups in total. The SMILES string of the molecule is CNCc1ccc(CO)cn1. The summed E-state index contributed by atoms with van der Waals surface area (Å²) in [6.45, 7) is 0.832. The van der Waals surface area contributed by atoms with Crippen LogP contribution >= 0.6 is 0 Å². The topological polar surface area (TPSA) is 45.1 Å². The highest BCUT2D eigenvalue weighted by Crippen LogP contribution is 1.98. The fraction of sp³-hybridized carbons (Fsp3) is 0.375. The van der Waals surface area contributed by atoms with Gasteiger partial charge in [-0.15, -0.1) is 0 Å². The Kier molecular flexibility index (Phi) is 3.01. The van der Waals surface area contributed by atoms with Gasteiger partial charge in [-0.3, -0.25) is 4.98 Å². The average molecular weight is 152 g/mol. The Morgan fingerprint density at radius 2 is 2.36 bits per heavy atom. The first-order valence-corrected chi connectivity index (χ1v) is 3.56. The third-order valence-corrected chi connectivity index (χ3v) is 1.43. The molecule has 3 nitrogen and oxygen atoms in total. The molecule has 0 aromatic carbocycles. The summed E-state index contributed by atoms with van der Waals surface area (Å²) in [5.41, 5.74) is 1.84. The lowest BCUT2D eigenvalue weighted by Gasteiger charge is -1.99. The van der Waals surface area contributed by atoms with E-state index in [1.165, 1.54) is 0 Å². The van der Waals surface area contributed by atoms with E-state index in [0.29, 0.717) is 0 Å². The van der Waals surface area contributed by atoms with Gasteiger partial charge in [0.15, 0.2) is 0 Å². The van der Waals surface area contributed by atoms with Crippen LogP contribution in [0.5, 0.6) is 0 Å². The van der Waals surface area contributed by atoms with E-state index < -0.39 is 0 Å². The number of aliphatic hydroxyl groups is 1. The molecule has 0 atom stereocenters. The third kappa shape index (κ3) is 2.29. The number of hydrogen-bond acceptors (Lipinski definition) is 3. The molecule has 0 aliphatic carbocycles. The largest absolute Gasteiger partial charge is 0.392 e. The van der Waals surface area contributed by atoms with Crippen molar-refractivity contribution < 1.29 is 5.11 Å². The molecule has 60 valence electrons. The predicted octanol–water partition coefficient (Wildman–Crippen LogP) is 0.293. The van der Waals surface area contributed by atoms with Crippen molar-refractivity contribution >= 4 is 0 Å². The van der Waals surface area contributed by atoms with Crippen LogP contribution in [0.25, 0.3) is 0 Å². The van der Waals surface area contributed by atoms with Crippen LogP contribution in [-0.4, -0.2) is 17.1 Å². The number of nitrogens with one attached hydrogen (secondary N) is 1. The Labute approximate surface area is 66.1 Å². The molecule has 1 heterocycles. The Hall–Kier alpha value is -0.930. The predicted molar refractivity (Wildman–Crippen MR) is 42.9 cm³/mol. The van der Waals surface area contributed by atoms with Gasteiger partial charge in [0, 0.05) is 12.7 Å². The smallest absolute Gasteiger partial charge is 0.0696 e.